The number of hydrogen-bond donors (Lipinski definition) is 0. The number of thiazole rings is 1. The predicted octanol–water partition coefficient (Wildman–Crippen LogP) is 2.55. The number of aromatic nitrogens is 4. The maximum atomic E-state index is 12.7. The molecule has 0 unspecified atom stereocenters. The highest BCUT2D eigenvalue weighted by Gasteiger charge is 2.30. The van der Waals surface area contributed by atoms with E-state index in [1.807, 2.05) is 28.6 Å². The number of amides is 1. The van der Waals surface area contributed by atoms with Gasteiger partial charge in [0.05, 0.1) is 23.4 Å². The number of piperidine rings is 1. The van der Waals surface area contributed by atoms with Crippen molar-refractivity contribution in [2.75, 3.05) is 6.54 Å². The molecule has 0 saturated carbocycles. The minimum absolute atomic E-state index is 0.00105. The van der Waals surface area contributed by atoms with Gasteiger partial charge in [-0.2, -0.15) is 5.10 Å². The van der Waals surface area contributed by atoms with Gasteiger partial charge in [-0.15, -0.1) is 11.3 Å². The molecule has 3 aromatic rings. The van der Waals surface area contributed by atoms with Crippen LogP contribution < -0.4 is 0 Å². The van der Waals surface area contributed by atoms with Crippen LogP contribution in [0.5, 0.6) is 0 Å². The number of nitrogens with zero attached hydrogens (tertiary/aromatic N) is 5. The Morgan fingerprint density at radius 1 is 1.32 bits per heavy atom. The zero-order chi connectivity index (χ0) is 14.9. The van der Waals surface area contributed by atoms with Crippen LogP contribution in [0, 0.1) is 0 Å². The molecule has 1 aliphatic heterocycles. The van der Waals surface area contributed by atoms with Crippen LogP contribution in [0.25, 0.3) is 5.65 Å². The van der Waals surface area contributed by atoms with Gasteiger partial charge in [0.2, 0.25) is 0 Å². The van der Waals surface area contributed by atoms with E-state index < -0.39 is 0 Å². The Morgan fingerprint density at radius 2 is 2.27 bits per heavy atom. The summed E-state index contributed by atoms with van der Waals surface area (Å²) in [6.07, 6.45) is 6.70. The second kappa shape index (κ2) is 5.49. The highest BCUT2D eigenvalue weighted by molar-refractivity contribution is 7.07. The molecule has 1 atom stereocenters. The first-order valence-corrected chi connectivity index (χ1v) is 8.27. The van der Waals surface area contributed by atoms with Crippen LogP contribution in [0.3, 0.4) is 0 Å². The average molecular weight is 313 g/mol. The zero-order valence-corrected chi connectivity index (χ0v) is 12.7. The molecule has 22 heavy (non-hydrogen) atoms. The van der Waals surface area contributed by atoms with Crippen molar-refractivity contribution in [2.24, 2.45) is 0 Å². The van der Waals surface area contributed by atoms with Crippen LogP contribution >= 0.6 is 11.3 Å². The fraction of sp³-hybridized carbons (Fsp3) is 0.333. The van der Waals surface area contributed by atoms with Gasteiger partial charge >= 0.3 is 0 Å². The third kappa shape index (κ3) is 2.27. The molecule has 4 rings (SSSR count). The van der Waals surface area contributed by atoms with Crippen molar-refractivity contribution in [3.05, 3.63) is 46.8 Å². The summed E-state index contributed by atoms with van der Waals surface area (Å²) in [5.74, 6) is 0.00105. The van der Waals surface area contributed by atoms with Crippen LogP contribution in [0.1, 0.15) is 41.5 Å². The second-order valence-electron chi connectivity index (χ2n) is 5.37. The van der Waals surface area contributed by atoms with E-state index in [4.69, 9.17) is 0 Å². The first-order valence-electron chi connectivity index (χ1n) is 7.32. The first-order chi connectivity index (χ1) is 10.8. The number of likely N-dealkylation sites (tertiary alicyclic amines) is 1. The topological polar surface area (TPSA) is 63.4 Å². The molecular formula is C15H15N5OS. The molecule has 0 radical (unpaired) electrons. The smallest absolute Gasteiger partial charge is 0.273 e. The van der Waals surface area contributed by atoms with E-state index in [2.05, 4.69) is 15.1 Å². The summed E-state index contributed by atoms with van der Waals surface area (Å²) in [7, 11) is 0. The first kappa shape index (κ1) is 13.4. The lowest BCUT2D eigenvalue weighted by Gasteiger charge is -2.35. The van der Waals surface area contributed by atoms with Gasteiger partial charge in [-0.25, -0.2) is 14.5 Å². The number of hydrogen-bond acceptors (Lipinski definition) is 5. The largest absolute Gasteiger partial charge is 0.329 e. The summed E-state index contributed by atoms with van der Waals surface area (Å²) < 4.78 is 1.74. The molecule has 0 aromatic carbocycles. The maximum Gasteiger partial charge on any atom is 0.273 e. The zero-order valence-electron chi connectivity index (χ0n) is 11.9. The minimum atomic E-state index is 0.00105. The van der Waals surface area contributed by atoms with Crippen LogP contribution in [-0.4, -0.2) is 36.9 Å². The molecule has 112 valence electrons. The normalized spacial score (nSPS) is 18.7. The van der Waals surface area contributed by atoms with Gasteiger partial charge in [-0.1, -0.05) is 0 Å². The Hall–Kier alpha value is -2.28. The molecule has 7 heteroatoms. The summed E-state index contributed by atoms with van der Waals surface area (Å²) in [6.45, 7) is 0.757. The van der Waals surface area contributed by atoms with Crippen LogP contribution in [0.2, 0.25) is 0 Å². The lowest BCUT2D eigenvalue weighted by molar-refractivity contribution is 0.0601. The fourth-order valence-electron chi connectivity index (χ4n) is 2.96. The minimum Gasteiger partial charge on any atom is -0.329 e. The monoisotopic (exact) mass is 313 g/mol. The lowest BCUT2D eigenvalue weighted by Crippen LogP contribution is -2.39. The highest BCUT2D eigenvalue weighted by Crippen LogP contribution is 2.31. The number of carbonyl (C=O) groups excluding carboxylic acids is 1. The Morgan fingerprint density at radius 3 is 3.14 bits per heavy atom. The molecule has 0 N–H and O–H groups in total. The van der Waals surface area contributed by atoms with Crippen molar-refractivity contribution in [1.82, 2.24) is 24.5 Å². The van der Waals surface area contributed by atoms with Gasteiger partial charge in [0.1, 0.15) is 5.69 Å². The number of rotatable bonds is 2. The van der Waals surface area contributed by atoms with E-state index in [-0.39, 0.29) is 11.9 Å². The van der Waals surface area contributed by atoms with E-state index in [0.29, 0.717) is 5.69 Å². The standard InChI is InChI=1S/C15H15N5OS/c21-15(12-9-22-10-16-12)19-7-2-1-3-13(19)11-5-8-20-14(18-11)4-6-17-20/h4-6,8-10,13H,1-3,7H2/t13-/m1/s1. The third-order valence-electron chi connectivity index (χ3n) is 4.04. The number of carbonyl (C=O) groups is 1. The van der Waals surface area contributed by atoms with E-state index in [9.17, 15) is 4.79 Å². The van der Waals surface area contributed by atoms with Gasteiger partial charge in [0, 0.05) is 24.2 Å². The van der Waals surface area contributed by atoms with Crippen LogP contribution in [-0.2, 0) is 0 Å². The molecule has 0 bridgehead atoms. The van der Waals surface area contributed by atoms with E-state index in [1.165, 1.54) is 11.3 Å². The molecule has 1 aliphatic rings. The lowest BCUT2D eigenvalue weighted by atomic mass is 9.98. The van der Waals surface area contributed by atoms with Gasteiger partial charge in [0.25, 0.3) is 5.91 Å². The molecule has 1 fully saturated rings. The van der Waals surface area contributed by atoms with Crippen molar-refractivity contribution in [2.45, 2.75) is 25.3 Å². The van der Waals surface area contributed by atoms with Crippen molar-refractivity contribution < 1.29 is 4.79 Å². The fourth-order valence-corrected chi connectivity index (χ4v) is 3.49. The molecule has 0 spiro atoms. The van der Waals surface area contributed by atoms with Crippen LogP contribution in [0.4, 0.5) is 0 Å². The molecule has 1 saturated heterocycles. The predicted molar refractivity (Wildman–Crippen MR) is 82.7 cm³/mol. The van der Waals surface area contributed by atoms with E-state index in [0.717, 1.165) is 37.1 Å². The van der Waals surface area contributed by atoms with Crippen molar-refractivity contribution in [1.29, 1.82) is 0 Å². The summed E-state index contributed by atoms with van der Waals surface area (Å²) in [6, 6.07) is 3.85. The van der Waals surface area contributed by atoms with E-state index in [1.54, 1.807) is 16.2 Å². The molecule has 3 aromatic heterocycles. The summed E-state index contributed by atoms with van der Waals surface area (Å²) in [5.41, 5.74) is 3.96. The van der Waals surface area contributed by atoms with Gasteiger partial charge in [-0.3, -0.25) is 4.79 Å². The van der Waals surface area contributed by atoms with Crippen LogP contribution in [0.15, 0.2) is 35.4 Å². The summed E-state index contributed by atoms with van der Waals surface area (Å²) >= 11 is 1.45. The molecule has 6 nitrogen and oxygen atoms in total. The quantitative estimate of drug-likeness (QED) is 0.729. The van der Waals surface area contributed by atoms with Gasteiger partial charge < -0.3 is 4.90 Å². The Kier molecular flexibility index (Phi) is 3.34. The summed E-state index contributed by atoms with van der Waals surface area (Å²) in [5, 5.41) is 5.97. The Labute approximate surface area is 131 Å². The summed E-state index contributed by atoms with van der Waals surface area (Å²) in [4.78, 5) is 23.4. The van der Waals surface area contributed by atoms with Crippen molar-refractivity contribution in [3.8, 4) is 0 Å². The maximum absolute atomic E-state index is 12.7. The van der Waals surface area contributed by atoms with Crippen molar-refractivity contribution >= 4 is 22.9 Å². The Balaban J connectivity index is 1.69. The molecule has 0 aliphatic carbocycles. The SMILES string of the molecule is O=C(c1cscn1)N1CCCC[C@@H]1c1ccn2nccc2n1. The van der Waals surface area contributed by atoms with E-state index >= 15 is 0 Å². The number of fused-ring (bicyclic) bond motifs is 1. The highest BCUT2D eigenvalue weighted by atomic mass is 32.1. The average Bonchev–Trinajstić information content (AvgIpc) is 3.24. The molecule has 4 heterocycles. The van der Waals surface area contributed by atoms with Gasteiger partial charge in [0.15, 0.2) is 5.65 Å². The third-order valence-corrected chi connectivity index (χ3v) is 4.62. The second-order valence-corrected chi connectivity index (χ2v) is 6.09. The molecule has 1 amide bonds. The van der Waals surface area contributed by atoms with Gasteiger partial charge in [-0.05, 0) is 25.3 Å². The molecular weight excluding hydrogens is 298 g/mol. The Bertz CT molecular complexity index is 797. The van der Waals surface area contributed by atoms with Crippen molar-refractivity contribution in [3.63, 3.8) is 0 Å².